The molecule has 2 heterocycles. The molecule has 7 heteroatoms. The topological polar surface area (TPSA) is 71.8 Å². The van der Waals surface area contributed by atoms with Gasteiger partial charge in [-0.1, -0.05) is 20.8 Å². The fourth-order valence-electron chi connectivity index (χ4n) is 2.15. The molecular weight excluding hydrogens is 298 g/mol. The van der Waals surface area contributed by atoms with E-state index in [1.165, 1.54) is 11.3 Å². The highest BCUT2D eigenvalue weighted by molar-refractivity contribution is 7.14. The highest BCUT2D eigenvalue weighted by Crippen LogP contribution is 2.25. The third-order valence-corrected chi connectivity index (χ3v) is 3.97. The maximum Gasteiger partial charge on any atom is 0.243 e. The SMILES string of the molecule is CNC(CC(C)(C)C)C(=O)Nc1nc(-c2cnn(C)c2)cs1. The van der Waals surface area contributed by atoms with Gasteiger partial charge in [-0.2, -0.15) is 5.10 Å². The van der Waals surface area contributed by atoms with Crippen molar-refractivity contribution in [2.24, 2.45) is 12.5 Å². The van der Waals surface area contributed by atoms with Gasteiger partial charge >= 0.3 is 0 Å². The predicted octanol–water partition coefficient (Wildman–Crippen LogP) is 2.51. The Hall–Kier alpha value is -1.73. The summed E-state index contributed by atoms with van der Waals surface area (Å²) in [5, 5.41) is 12.6. The summed E-state index contributed by atoms with van der Waals surface area (Å²) in [6.07, 6.45) is 4.42. The van der Waals surface area contributed by atoms with Crippen molar-refractivity contribution >= 4 is 22.4 Å². The fraction of sp³-hybridized carbons (Fsp3) is 0.533. The molecule has 2 aromatic rings. The van der Waals surface area contributed by atoms with Crippen molar-refractivity contribution in [3.05, 3.63) is 17.8 Å². The highest BCUT2D eigenvalue weighted by Gasteiger charge is 2.24. The van der Waals surface area contributed by atoms with Crippen LogP contribution in [0.5, 0.6) is 0 Å². The molecule has 2 rings (SSSR count). The Morgan fingerprint density at radius 1 is 1.45 bits per heavy atom. The van der Waals surface area contributed by atoms with Gasteiger partial charge in [0.2, 0.25) is 5.91 Å². The number of amides is 1. The largest absolute Gasteiger partial charge is 0.309 e. The molecule has 0 spiro atoms. The third-order valence-electron chi connectivity index (χ3n) is 3.22. The van der Waals surface area contributed by atoms with Crippen LogP contribution < -0.4 is 10.6 Å². The lowest BCUT2D eigenvalue weighted by molar-refractivity contribution is -0.118. The Morgan fingerprint density at radius 3 is 2.73 bits per heavy atom. The Morgan fingerprint density at radius 2 is 2.18 bits per heavy atom. The van der Waals surface area contributed by atoms with Crippen molar-refractivity contribution in [2.45, 2.75) is 33.2 Å². The predicted molar refractivity (Wildman–Crippen MR) is 89.9 cm³/mol. The summed E-state index contributed by atoms with van der Waals surface area (Å²) < 4.78 is 1.73. The van der Waals surface area contributed by atoms with E-state index in [1.54, 1.807) is 17.9 Å². The van der Waals surface area contributed by atoms with E-state index in [9.17, 15) is 4.79 Å². The van der Waals surface area contributed by atoms with Gasteiger partial charge in [0, 0.05) is 24.2 Å². The van der Waals surface area contributed by atoms with Crippen LogP contribution in [-0.2, 0) is 11.8 Å². The van der Waals surface area contributed by atoms with Crippen LogP contribution in [0.3, 0.4) is 0 Å². The highest BCUT2D eigenvalue weighted by atomic mass is 32.1. The first-order valence-corrected chi connectivity index (χ1v) is 8.09. The molecule has 120 valence electrons. The number of carbonyl (C=O) groups is 1. The van der Waals surface area contributed by atoms with Crippen LogP contribution in [0, 0.1) is 5.41 Å². The number of rotatable bonds is 5. The summed E-state index contributed by atoms with van der Waals surface area (Å²) in [7, 11) is 3.67. The molecule has 0 saturated heterocycles. The number of hydrogen-bond donors (Lipinski definition) is 2. The van der Waals surface area contributed by atoms with Crippen molar-refractivity contribution in [3.8, 4) is 11.3 Å². The lowest BCUT2D eigenvalue weighted by Gasteiger charge is -2.24. The van der Waals surface area contributed by atoms with Crippen molar-refractivity contribution in [3.63, 3.8) is 0 Å². The summed E-state index contributed by atoms with van der Waals surface area (Å²) in [6, 6.07) is -0.231. The number of carbonyl (C=O) groups excluding carboxylic acids is 1. The van der Waals surface area contributed by atoms with Crippen molar-refractivity contribution in [1.29, 1.82) is 0 Å². The Balaban J connectivity index is 2.04. The summed E-state index contributed by atoms with van der Waals surface area (Å²) in [4.78, 5) is 16.8. The van der Waals surface area contributed by atoms with E-state index in [0.29, 0.717) is 5.13 Å². The molecule has 0 aliphatic carbocycles. The second-order valence-corrected chi connectivity index (χ2v) is 7.39. The van der Waals surface area contributed by atoms with Gasteiger partial charge in [-0.15, -0.1) is 11.3 Å². The van der Waals surface area contributed by atoms with E-state index < -0.39 is 0 Å². The quantitative estimate of drug-likeness (QED) is 0.887. The molecule has 1 atom stereocenters. The van der Waals surface area contributed by atoms with E-state index >= 15 is 0 Å². The minimum Gasteiger partial charge on any atom is -0.309 e. The molecule has 2 aromatic heterocycles. The second kappa shape index (κ2) is 6.58. The molecule has 2 N–H and O–H groups in total. The molecule has 1 amide bonds. The fourth-order valence-corrected chi connectivity index (χ4v) is 2.87. The van der Waals surface area contributed by atoms with Crippen LogP contribution in [0.2, 0.25) is 0 Å². The standard InChI is InChI=1S/C15H23N5OS/c1-15(2,3)6-11(16-4)13(21)19-14-18-12(9-22-14)10-7-17-20(5)8-10/h7-9,11,16H,6H2,1-5H3,(H,18,19,21). The lowest BCUT2D eigenvalue weighted by atomic mass is 9.88. The maximum atomic E-state index is 12.3. The van der Waals surface area contributed by atoms with Crippen LogP contribution >= 0.6 is 11.3 Å². The summed E-state index contributed by atoms with van der Waals surface area (Å²) >= 11 is 1.42. The molecular formula is C15H23N5OS. The number of aryl methyl sites for hydroxylation is 1. The van der Waals surface area contributed by atoms with Gasteiger partial charge in [0.15, 0.2) is 5.13 Å². The smallest absolute Gasteiger partial charge is 0.243 e. The van der Waals surface area contributed by atoms with E-state index in [4.69, 9.17) is 0 Å². The number of thiazole rings is 1. The van der Waals surface area contributed by atoms with Crippen molar-refractivity contribution in [2.75, 3.05) is 12.4 Å². The normalized spacial score (nSPS) is 13.1. The molecule has 0 aromatic carbocycles. The minimum atomic E-state index is -0.231. The first kappa shape index (κ1) is 16.6. The van der Waals surface area contributed by atoms with E-state index in [1.807, 2.05) is 18.6 Å². The molecule has 0 fully saturated rings. The van der Waals surface area contributed by atoms with E-state index in [0.717, 1.165) is 17.7 Å². The first-order chi connectivity index (χ1) is 10.3. The summed E-state index contributed by atoms with van der Waals surface area (Å²) in [5.41, 5.74) is 1.85. The zero-order valence-electron chi connectivity index (χ0n) is 13.7. The van der Waals surface area contributed by atoms with E-state index in [2.05, 4.69) is 41.5 Å². The molecule has 0 bridgehead atoms. The van der Waals surface area contributed by atoms with Gasteiger partial charge in [-0.25, -0.2) is 4.98 Å². The number of nitrogens with one attached hydrogen (secondary N) is 2. The molecule has 1 unspecified atom stereocenters. The second-order valence-electron chi connectivity index (χ2n) is 6.54. The maximum absolute atomic E-state index is 12.3. The zero-order chi connectivity index (χ0) is 16.3. The average Bonchev–Trinajstić information content (AvgIpc) is 3.03. The van der Waals surface area contributed by atoms with Crippen LogP contribution in [0.25, 0.3) is 11.3 Å². The Kier molecular flexibility index (Phi) is 4.97. The van der Waals surface area contributed by atoms with Crippen LogP contribution in [0.15, 0.2) is 17.8 Å². The number of likely N-dealkylation sites (N-methyl/N-ethyl adjacent to an activating group) is 1. The lowest BCUT2D eigenvalue weighted by Crippen LogP contribution is -2.41. The number of anilines is 1. The molecule has 6 nitrogen and oxygen atoms in total. The summed E-state index contributed by atoms with van der Waals surface area (Å²) in [5.74, 6) is -0.0514. The van der Waals surface area contributed by atoms with Gasteiger partial charge < -0.3 is 10.6 Å². The van der Waals surface area contributed by atoms with E-state index in [-0.39, 0.29) is 17.4 Å². The number of nitrogens with zero attached hydrogens (tertiary/aromatic N) is 3. The molecule has 22 heavy (non-hydrogen) atoms. The third kappa shape index (κ3) is 4.38. The van der Waals surface area contributed by atoms with Gasteiger partial charge in [0.05, 0.1) is 17.9 Å². The Bertz CT molecular complexity index is 640. The van der Waals surface area contributed by atoms with Crippen molar-refractivity contribution < 1.29 is 4.79 Å². The molecule has 0 saturated carbocycles. The van der Waals surface area contributed by atoms with Crippen LogP contribution in [0.4, 0.5) is 5.13 Å². The van der Waals surface area contributed by atoms with Gasteiger partial charge in [0.1, 0.15) is 0 Å². The van der Waals surface area contributed by atoms with Crippen molar-refractivity contribution in [1.82, 2.24) is 20.1 Å². The molecule has 0 aliphatic rings. The van der Waals surface area contributed by atoms with Crippen LogP contribution in [-0.4, -0.2) is 33.8 Å². The summed E-state index contributed by atoms with van der Waals surface area (Å²) in [6.45, 7) is 6.36. The zero-order valence-corrected chi connectivity index (χ0v) is 14.5. The molecule has 0 aliphatic heterocycles. The Labute approximate surface area is 135 Å². The average molecular weight is 321 g/mol. The van der Waals surface area contributed by atoms with Gasteiger partial charge in [0.25, 0.3) is 0 Å². The first-order valence-electron chi connectivity index (χ1n) is 7.21. The number of aromatic nitrogens is 3. The number of hydrogen-bond acceptors (Lipinski definition) is 5. The monoisotopic (exact) mass is 321 g/mol. The van der Waals surface area contributed by atoms with Crippen LogP contribution in [0.1, 0.15) is 27.2 Å². The van der Waals surface area contributed by atoms with Gasteiger partial charge in [-0.3, -0.25) is 9.48 Å². The minimum absolute atomic E-state index is 0.0514. The molecule has 0 radical (unpaired) electrons. The van der Waals surface area contributed by atoms with Gasteiger partial charge in [-0.05, 0) is 18.9 Å².